The monoisotopic (exact) mass is 246 g/mol. The molecule has 0 spiro atoms. The lowest BCUT2D eigenvalue weighted by Crippen LogP contribution is -2.27. The predicted octanol–water partition coefficient (Wildman–Crippen LogP) is 1.77. The van der Waals surface area contributed by atoms with Gasteiger partial charge >= 0.3 is 0 Å². The van der Waals surface area contributed by atoms with E-state index in [0.717, 1.165) is 44.7 Å². The maximum atomic E-state index is 8.75. The summed E-state index contributed by atoms with van der Waals surface area (Å²) in [5.41, 5.74) is 1.60. The van der Waals surface area contributed by atoms with Crippen LogP contribution in [-0.4, -0.2) is 36.1 Å². The summed E-state index contributed by atoms with van der Waals surface area (Å²) in [7, 11) is 0. The summed E-state index contributed by atoms with van der Waals surface area (Å²) < 4.78 is 0. The summed E-state index contributed by atoms with van der Waals surface area (Å²) >= 11 is 0. The molecule has 0 fully saturated rings. The lowest BCUT2D eigenvalue weighted by Gasteiger charge is -2.17. The zero-order valence-corrected chi connectivity index (χ0v) is 11.3. The van der Waals surface area contributed by atoms with Crippen molar-refractivity contribution < 1.29 is 0 Å². The highest BCUT2D eigenvalue weighted by atomic mass is 15.1. The van der Waals surface area contributed by atoms with Gasteiger partial charge in [-0.05, 0) is 50.3 Å². The quantitative estimate of drug-likeness (QED) is 0.710. The van der Waals surface area contributed by atoms with Crippen LogP contribution in [-0.2, 0) is 6.54 Å². The summed E-state index contributed by atoms with van der Waals surface area (Å²) in [5.74, 6) is 0. The van der Waals surface area contributed by atoms with Gasteiger partial charge in [-0.1, -0.05) is 13.8 Å². The predicted molar refractivity (Wildman–Crippen MR) is 73.1 cm³/mol. The highest BCUT2D eigenvalue weighted by Crippen LogP contribution is 2.00. The van der Waals surface area contributed by atoms with Crippen LogP contribution >= 0.6 is 0 Å². The van der Waals surface area contributed by atoms with Crippen LogP contribution in [0.3, 0.4) is 0 Å². The van der Waals surface area contributed by atoms with Crippen LogP contribution in [0.5, 0.6) is 0 Å². The van der Waals surface area contributed by atoms with Gasteiger partial charge in [-0.25, -0.2) is 4.98 Å². The van der Waals surface area contributed by atoms with E-state index in [1.165, 1.54) is 0 Å². The highest BCUT2D eigenvalue weighted by Gasteiger charge is 1.99. The fourth-order valence-electron chi connectivity index (χ4n) is 1.85. The largest absolute Gasteiger partial charge is 0.313 e. The van der Waals surface area contributed by atoms with Crippen LogP contribution < -0.4 is 5.32 Å². The van der Waals surface area contributed by atoms with Gasteiger partial charge in [0.1, 0.15) is 11.8 Å². The van der Waals surface area contributed by atoms with Crippen molar-refractivity contribution in [3.63, 3.8) is 0 Å². The standard InChI is InChI=1S/C14H22N4/c1-3-18(4-2)9-5-7-16-12-13-6-8-17-14(10-13)11-15/h6,8,10,16H,3-5,7,9,12H2,1-2H3. The van der Waals surface area contributed by atoms with Crippen molar-refractivity contribution in [2.75, 3.05) is 26.2 Å². The summed E-state index contributed by atoms with van der Waals surface area (Å²) in [4.78, 5) is 6.37. The molecule has 1 aromatic heterocycles. The summed E-state index contributed by atoms with van der Waals surface area (Å²) in [6.45, 7) is 9.56. The third kappa shape index (κ3) is 5.26. The van der Waals surface area contributed by atoms with Crippen molar-refractivity contribution in [1.82, 2.24) is 15.2 Å². The number of rotatable bonds is 8. The van der Waals surface area contributed by atoms with E-state index in [9.17, 15) is 0 Å². The van der Waals surface area contributed by atoms with Gasteiger partial charge < -0.3 is 10.2 Å². The minimum Gasteiger partial charge on any atom is -0.313 e. The third-order valence-corrected chi connectivity index (χ3v) is 2.99. The maximum absolute atomic E-state index is 8.75. The van der Waals surface area contributed by atoms with Crippen LogP contribution in [0, 0.1) is 11.3 Å². The van der Waals surface area contributed by atoms with Crippen molar-refractivity contribution >= 4 is 0 Å². The second-order valence-electron chi connectivity index (χ2n) is 4.22. The molecule has 0 aliphatic rings. The molecule has 0 saturated carbocycles. The Labute approximate surface area is 110 Å². The molecule has 1 N–H and O–H groups in total. The summed E-state index contributed by atoms with van der Waals surface area (Å²) in [6, 6.07) is 5.83. The van der Waals surface area contributed by atoms with E-state index in [2.05, 4.69) is 35.1 Å². The minimum absolute atomic E-state index is 0.484. The lowest BCUT2D eigenvalue weighted by atomic mass is 10.2. The first kappa shape index (κ1) is 14.6. The fraction of sp³-hybridized carbons (Fsp3) is 0.571. The van der Waals surface area contributed by atoms with Crippen LogP contribution in [0.1, 0.15) is 31.5 Å². The van der Waals surface area contributed by atoms with Crippen molar-refractivity contribution in [3.05, 3.63) is 29.6 Å². The molecule has 0 atom stereocenters. The molecule has 0 bridgehead atoms. The normalized spacial score (nSPS) is 10.6. The van der Waals surface area contributed by atoms with E-state index >= 15 is 0 Å². The number of nitrogens with one attached hydrogen (secondary N) is 1. The molecule has 4 nitrogen and oxygen atoms in total. The van der Waals surface area contributed by atoms with Crippen LogP contribution in [0.25, 0.3) is 0 Å². The molecule has 4 heteroatoms. The minimum atomic E-state index is 0.484. The molecule has 0 amide bonds. The summed E-state index contributed by atoms with van der Waals surface area (Å²) in [6.07, 6.45) is 2.84. The number of hydrogen-bond donors (Lipinski definition) is 1. The van der Waals surface area contributed by atoms with Crippen molar-refractivity contribution in [3.8, 4) is 6.07 Å². The van der Waals surface area contributed by atoms with Crippen LogP contribution in [0.15, 0.2) is 18.3 Å². The van der Waals surface area contributed by atoms with Gasteiger partial charge in [-0.2, -0.15) is 5.26 Å². The molecule has 1 aromatic rings. The Hall–Kier alpha value is -1.44. The molecule has 0 aliphatic carbocycles. The maximum Gasteiger partial charge on any atom is 0.140 e. The van der Waals surface area contributed by atoms with Crippen molar-refractivity contribution in [2.24, 2.45) is 0 Å². The molecule has 0 unspecified atom stereocenters. The first-order valence-corrected chi connectivity index (χ1v) is 6.58. The summed E-state index contributed by atoms with van der Waals surface area (Å²) in [5, 5.41) is 12.1. The molecule has 18 heavy (non-hydrogen) atoms. The van der Waals surface area contributed by atoms with Gasteiger partial charge in [-0.3, -0.25) is 0 Å². The van der Waals surface area contributed by atoms with E-state index in [4.69, 9.17) is 5.26 Å². The van der Waals surface area contributed by atoms with E-state index in [-0.39, 0.29) is 0 Å². The number of aromatic nitrogens is 1. The average Bonchev–Trinajstić information content (AvgIpc) is 2.43. The molecular weight excluding hydrogens is 224 g/mol. The number of pyridine rings is 1. The van der Waals surface area contributed by atoms with Gasteiger partial charge in [0.25, 0.3) is 0 Å². The van der Waals surface area contributed by atoms with Crippen LogP contribution in [0.4, 0.5) is 0 Å². The van der Waals surface area contributed by atoms with E-state index in [0.29, 0.717) is 5.69 Å². The van der Waals surface area contributed by atoms with E-state index in [1.54, 1.807) is 6.20 Å². The molecule has 98 valence electrons. The third-order valence-electron chi connectivity index (χ3n) is 2.99. The van der Waals surface area contributed by atoms with E-state index in [1.807, 2.05) is 12.1 Å². The van der Waals surface area contributed by atoms with Crippen molar-refractivity contribution in [1.29, 1.82) is 5.26 Å². The second-order valence-corrected chi connectivity index (χ2v) is 4.22. The Morgan fingerprint density at radius 2 is 2.17 bits per heavy atom. The Kier molecular flexibility index (Phi) is 7.00. The average molecular weight is 246 g/mol. The molecule has 1 rings (SSSR count). The van der Waals surface area contributed by atoms with Gasteiger partial charge in [0.05, 0.1) is 0 Å². The SMILES string of the molecule is CCN(CC)CCCNCc1ccnc(C#N)c1. The molecule has 0 aliphatic heterocycles. The Bertz CT molecular complexity index is 380. The molecule has 0 saturated heterocycles. The highest BCUT2D eigenvalue weighted by molar-refractivity contribution is 5.25. The topological polar surface area (TPSA) is 52.0 Å². The number of nitriles is 1. The molecule has 1 heterocycles. The number of hydrogen-bond acceptors (Lipinski definition) is 4. The van der Waals surface area contributed by atoms with Gasteiger partial charge in [0, 0.05) is 12.7 Å². The fourth-order valence-corrected chi connectivity index (χ4v) is 1.85. The zero-order valence-electron chi connectivity index (χ0n) is 11.3. The Morgan fingerprint density at radius 3 is 2.83 bits per heavy atom. The first-order valence-electron chi connectivity index (χ1n) is 6.58. The Morgan fingerprint density at radius 1 is 1.39 bits per heavy atom. The first-order chi connectivity index (χ1) is 8.80. The van der Waals surface area contributed by atoms with Crippen molar-refractivity contribution in [2.45, 2.75) is 26.8 Å². The van der Waals surface area contributed by atoms with Gasteiger partial charge in [0.2, 0.25) is 0 Å². The Balaban J connectivity index is 2.20. The molecule has 0 radical (unpaired) electrons. The smallest absolute Gasteiger partial charge is 0.140 e. The van der Waals surface area contributed by atoms with Gasteiger partial charge in [-0.15, -0.1) is 0 Å². The van der Waals surface area contributed by atoms with Gasteiger partial charge in [0.15, 0.2) is 0 Å². The molecular formula is C14H22N4. The second kappa shape index (κ2) is 8.62. The zero-order chi connectivity index (χ0) is 13.2. The lowest BCUT2D eigenvalue weighted by molar-refractivity contribution is 0.298. The van der Waals surface area contributed by atoms with E-state index < -0.39 is 0 Å². The van der Waals surface area contributed by atoms with Crippen LogP contribution in [0.2, 0.25) is 0 Å². The molecule has 0 aromatic carbocycles. The number of nitrogens with zero attached hydrogens (tertiary/aromatic N) is 3.